The largest absolute Gasteiger partial charge is 0.463 e. The number of hydrogen-bond acceptors (Lipinski definition) is 6. The highest BCUT2D eigenvalue weighted by molar-refractivity contribution is 5.79. The Morgan fingerprint density at radius 1 is 1.57 bits per heavy atom. The summed E-state index contributed by atoms with van der Waals surface area (Å²) in [6.07, 6.45) is 2.18. The van der Waals surface area contributed by atoms with Crippen molar-refractivity contribution in [3.8, 4) is 11.5 Å². The Labute approximate surface area is 133 Å². The lowest BCUT2D eigenvalue weighted by atomic mass is 10.2. The fourth-order valence-corrected chi connectivity index (χ4v) is 2.03. The number of nitrogens with zero attached hydrogens (tertiary/aromatic N) is 2. The van der Waals surface area contributed by atoms with E-state index >= 15 is 0 Å². The van der Waals surface area contributed by atoms with Crippen molar-refractivity contribution >= 4 is 11.6 Å². The Hall–Kier alpha value is -2.61. The van der Waals surface area contributed by atoms with Gasteiger partial charge in [0.25, 0.3) is 5.56 Å². The van der Waals surface area contributed by atoms with Crippen molar-refractivity contribution in [1.29, 1.82) is 0 Å². The van der Waals surface area contributed by atoms with E-state index in [1.807, 2.05) is 0 Å². The number of nitrogens with two attached hydrogens (primary N) is 1. The van der Waals surface area contributed by atoms with E-state index in [4.69, 9.17) is 14.9 Å². The number of rotatable bonds is 7. The molecule has 2 rings (SSSR count). The third-order valence-electron chi connectivity index (χ3n) is 3.31. The summed E-state index contributed by atoms with van der Waals surface area (Å²) in [6, 6.07) is 4.05. The van der Waals surface area contributed by atoms with Gasteiger partial charge in [-0.2, -0.15) is 5.10 Å². The van der Waals surface area contributed by atoms with Gasteiger partial charge in [-0.15, -0.1) is 0 Å². The van der Waals surface area contributed by atoms with Crippen LogP contribution in [-0.2, 0) is 9.53 Å². The van der Waals surface area contributed by atoms with Gasteiger partial charge in [0.05, 0.1) is 6.26 Å². The molecule has 0 saturated heterocycles. The summed E-state index contributed by atoms with van der Waals surface area (Å²) in [7, 11) is 1.59. The first kappa shape index (κ1) is 16.8. The number of anilines is 1. The first-order valence-corrected chi connectivity index (χ1v) is 7.24. The van der Waals surface area contributed by atoms with E-state index in [2.05, 4.69) is 10.4 Å². The van der Waals surface area contributed by atoms with Gasteiger partial charge in [0.2, 0.25) is 5.91 Å². The Kier molecular flexibility index (Phi) is 5.53. The number of carbonyl (C=O) groups is 1. The highest BCUT2D eigenvalue weighted by Crippen LogP contribution is 2.18. The smallest absolute Gasteiger partial charge is 0.290 e. The van der Waals surface area contributed by atoms with E-state index in [-0.39, 0.29) is 11.6 Å². The fourth-order valence-electron chi connectivity index (χ4n) is 2.03. The third kappa shape index (κ3) is 3.98. The van der Waals surface area contributed by atoms with Crippen molar-refractivity contribution in [3.63, 3.8) is 0 Å². The van der Waals surface area contributed by atoms with E-state index in [0.29, 0.717) is 31.0 Å². The van der Waals surface area contributed by atoms with Gasteiger partial charge >= 0.3 is 0 Å². The van der Waals surface area contributed by atoms with Crippen molar-refractivity contribution in [2.75, 3.05) is 26.0 Å². The zero-order valence-corrected chi connectivity index (χ0v) is 13.1. The Morgan fingerprint density at radius 3 is 3.00 bits per heavy atom. The normalized spacial score (nSPS) is 12.1. The second kappa shape index (κ2) is 7.59. The average Bonchev–Trinajstić information content (AvgIpc) is 3.07. The number of nitrogens with one attached hydrogen (secondary N) is 1. The molecule has 0 spiro atoms. The molecule has 23 heavy (non-hydrogen) atoms. The third-order valence-corrected chi connectivity index (χ3v) is 3.31. The molecule has 0 radical (unpaired) electrons. The lowest BCUT2D eigenvalue weighted by molar-refractivity contribution is -0.124. The molecule has 0 aromatic carbocycles. The molecular formula is C15H20N4O4. The highest BCUT2D eigenvalue weighted by atomic mass is 16.5. The van der Waals surface area contributed by atoms with Crippen LogP contribution in [-0.4, -0.2) is 35.9 Å². The summed E-state index contributed by atoms with van der Waals surface area (Å²) in [5, 5.41) is 6.92. The molecule has 2 aromatic heterocycles. The Bertz CT molecular complexity index is 709. The predicted octanol–water partition coefficient (Wildman–Crippen LogP) is 0.799. The van der Waals surface area contributed by atoms with Crippen LogP contribution >= 0.6 is 0 Å². The number of carbonyl (C=O) groups excluding carboxylic acids is 1. The molecule has 0 saturated carbocycles. The summed E-state index contributed by atoms with van der Waals surface area (Å²) >= 11 is 0. The molecule has 0 unspecified atom stereocenters. The van der Waals surface area contributed by atoms with Crippen molar-refractivity contribution in [3.05, 3.63) is 34.8 Å². The first-order chi connectivity index (χ1) is 11.0. The SMILES string of the molecule is COCCCNC(=O)[C@@H](C)n1nc(-c2ccco2)cc(N)c1=O. The monoisotopic (exact) mass is 320 g/mol. The minimum Gasteiger partial charge on any atom is -0.463 e. The molecule has 2 aromatic rings. The first-order valence-electron chi connectivity index (χ1n) is 7.24. The lowest BCUT2D eigenvalue weighted by Crippen LogP contribution is -2.38. The number of hydrogen-bond donors (Lipinski definition) is 2. The fraction of sp³-hybridized carbons (Fsp3) is 0.400. The number of amides is 1. The van der Waals surface area contributed by atoms with Crippen LogP contribution in [0.15, 0.2) is 33.7 Å². The molecule has 1 amide bonds. The summed E-state index contributed by atoms with van der Waals surface area (Å²) in [6.45, 7) is 2.60. The van der Waals surface area contributed by atoms with Crippen LogP contribution < -0.4 is 16.6 Å². The summed E-state index contributed by atoms with van der Waals surface area (Å²) in [4.78, 5) is 24.3. The summed E-state index contributed by atoms with van der Waals surface area (Å²) in [5.74, 6) is 0.157. The van der Waals surface area contributed by atoms with Crippen molar-refractivity contribution in [2.45, 2.75) is 19.4 Å². The van der Waals surface area contributed by atoms with Gasteiger partial charge < -0.3 is 20.2 Å². The lowest BCUT2D eigenvalue weighted by Gasteiger charge is -2.15. The van der Waals surface area contributed by atoms with Crippen LogP contribution in [0.25, 0.3) is 11.5 Å². The van der Waals surface area contributed by atoms with Crippen LogP contribution in [0.2, 0.25) is 0 Å². The minimum atomic E-state index is -0.790. The van der Waals surface area contributed by atoms with Crippen LogP contribution in [0.4, 0.5) is 5.69 Å². The molecule has 0 fully saturated rings. The highest BCUT2D eigenvalue weighted by Gasteiger charge is 2.19. The van der Waals surface area contributed by atoms with Crippen LogP contribution in [0.1, 0.15) is 19.4 Å². The van der Waals surface area contributed by atoms with Crippen molar-refractivity contribution in [1.82, 2.24) is 15.1 Å². The van der Waals surface area contributed by atoms with E-state index in [1.54, 1.807) is 26.2 Å². The van der Waals surface area contributed by atoms with Gasteiger partial charge in [-0.3, -0.25) is 9.59 Å². The topological polar surface area (TPSA) is 112 Å². The van der Waals surface area contributed by atoms with Gasteiger partial charge in [-0.05, 0) is 31.5 Å². The predicted molar refractivity (Wildman–Crippen MR) is 84.8 cm³/mol. The van der Waals surface area contributed by atoms with Gasteiger partial charge in [0.1, 0.15) is 17.4 Å². The second-order valence-corrected chi connectivity index (χ2v) is 5.03. The van der Waals surface area contributed by atoms with Gasteiger partial charge in [-0.1, -0.05) is 0 Å². The van der Waals surface area contributed by atoms with Crippen molar-refractivity contribution in [2.24, 2.45) is 0 Å². The molecule has 2 heterocycles. The minimum absolute atomic E-state index is 0.00503. The number of methoxy groups -OCH3 is 1. The number of nitrogen functional groups attached to an aromatic ring is 1. The van der Waals surface area contributed by atoms with Crippen LogP contribution in [0, 0.1) is 0 Å². The molecule has 8 nitrogen and oxygen atoms in total. The molecule has 3 N–H and O–H groups in total. The molecule has 1 atom stereocenters. The molecule has 0 bridgehead atoms. The standard InChI is InChI=1S/C15H20N4O4/c1-10(14(20)17-6-4-7-22-2)19-15(21)11(16)9-12(18-19)13-5-3-8-23-13/h3,5,8-10H,4,6-7,16H2,1-2H3,(H,17,20)/t10-/m1/s1. The second-order valence-electron chi connectivity index (χ2n) is 5.03. The van der Waals surface area contributed by atoms with Crippen LogP contribution in [0.5, 0.6) is 0 Å². The quantitative estimate of drug-likeness (QED) is 0.730. The van der Waals surface area contributed by atoms with E-state index < -0.39 is 11.6 Å². The van der Waals surface area contributed by atoms with Gasteiger partial charge in [0, 0.05) is 20.3 Å². The summed E-state index contributed by atoms with van der Waals surface area (Å²) in [5.41, 5.74) is 5.63. The molecule has 0 aliphatic rings. The van der Waals surface area contributed by atoms with Gasteiger partial charge in [0.15, 0.2) is 5.76 Å². The van der Waals surface area contributed by atoms with E-state index in [9.17, 15) is 9.59 Å². The maximum absolute atomic E-state index is 12.2. The summed E-state index contributed by atoms with van der Waals surface area (Å²) < 4.78 is 11.2. The van der Waals surface area contributed by atoms with Crippen molar-refractivity contribution < 1.29 is 13.9 Å². The molecular weight excluding hydrogens is 300 g/mol. The zero-order chi connectivity index (χ0) is 16.8. The van der Waals surface area contributed by atoms with E-state index in [1.165, 1.54) is 12.3 Å². The number of aromatic nitrogens is 2. The van der Waals surface area contributed by atoms with E-state index in [0.717, 1.165) is 4.68 Å². The molecule has 0 aliphatic heterocycles. The molecule has 8 heteroatoms. The average molecular weight is 320 g/mol. The zero-order valence-electron chi connectivity index (χ0n) is 13.1. The van der Waals surface area contributed by atoms with Crippen LogP contribution in [0.3, 0.4) is 0 Å². The maximum atomic E-state index is 12.2. The number of furan rings is 1. The maximum Gasteiger partial charge on any atom is 0.290 e. The Balaban J connectivity index is 2.20. The Morgan fingerprint density at radius 2 is 2.35 bits per heavy atom. The molecule has 124 valence electrons. The molecule has 0 aliphatic carbocycles. The number of ether oxygens (including phenoxy) is 1. The van der Waals surface area contributed by atoms with Gasteiger partial charge in [-0.25, -0.2) is 4.68 Å².